The molecule has 0 aliphatic carbocycles. The summed E-state index contributed by atoms with van der Waals surface area (Å²) in [5.74, 6) is 0. The quantitative estimate of drug-likeness (QED) is 0.259. The van der Waals surface area contributed by atoms with E-state index in [9.17, 15) is 10.2 Å². The lowest BCUT2D eigenvalue weighted by atomic mass is 10.0. The number of allylic oxidation sites excluding steroid dienone is 1. The molecular formula is C22H42O5. The van der Waals surface area contributed by atoms with E-state index in [1.165, 1.54) is 70.6 Å². The summed E-state index contributed by atoms with van der Waals surface area (Å²) in [6.07, 6.45) is 17.5. The zero-order valence-electron chi connectivity index (χ0n) is 17.2. The van der Waals surface area contributed by atoms with Crippen LogP contribution < -0.4 is 0 Å². The highest BCUT2D eigenvalue weighted by Crippen LogP contribution is 2.20. The van der Waals surface area contributed by atoms with Gasteiger partial charge in [-0.2, -0.15) is 0 Å². The Morgan fingerprint density at radius 3 is 2.07 bits per heavy atom. The Bertz CT molecular complexity index is 361. The fourth-order valence-electron chi connectivity index (χ4n) is 3.50. The van der Waals surface area contributed by atoms with E-state index in [0.717, 1.165) is 12.8 Å². The lowest BCUT2D eigenvalue weighted by Crippen LogP contribution is -2.40. The average Bonchev–Trinajstić information content (AvgIpc) is 3.04. The van der Waals surface area contributed by atoms with Gasteiger partial charge in [0, 0.05) is 0 Å². The van der Waals surface area contributed by atoms with Gasteiger partial charge in [-0.15, -0.1) is 0 Å². The molecule has 4 atom stereocenters. The van der Waals surface area contributed by atoms with E-state index in [0.29, 0.717) is 0 Å². The van der Waals surface area contributed by atoms with Crippen LogP contribution in [0.5, 0.6) is 0 Å². The minimum Gasteiger partial charge on any atom is -0.493 e. The fraction of sp³-hybridized carbons (Fsp3) is 0.909. The molecule has 0 aromatic carbocycles. The summed E-state index contributed by atoms with van der Waals surface area (Å²) in [7, 11) is 0. The van der Waals surface area contributed by atoms with E-state index in [1.807, 2.05) is 6.08 Å². The van der Waals surface area contributed by atoms with Gasteiger partial charge in [-0.05, 0) is 18.9 Å². The second-order valence-corrected chi connectivity index (χ2v) is 7.76. The summed E-state index contributed by atoms with van der Waals surface area (Å²) in [6, 6.07) is 0. The predicted molar refractivity (Wildman–Crippen MR) is 109 cm³/mol. The highest BCUT2D eigenvalue weighted by Gasteiger charge is 2.40. The summed E-state index contributed by atoms with van der Waals surface area (Å²) in [4.78, 5) is 0. The second-order valence-electron chi connectivity index (χ2n) is 7.76. The van der Waals surface area contributed by atoms with Crippen molar-refractivity contribution in [2.75, 3.05) is 13.2 Å². The third kappa shape index (κ3) is 11.1. The molecule has 0 spiro atoms. The first-order chi connectivity index (χ1) is 13.2. The molecule has 1 fully saturated rings. The van der Waals surface area contributed by atoms with Gasteiger partial charge in [0.15, 0.2) is 0 Å². The lowest BCUT2D eigenvalue weighted by molar-refractivity contribution is -0.0689. The van der Waals surface area contributed by atoms with Gasteiger partial charge in [-0.1, -0.05) is 77.6 Å². The largest absolute Gasteiger partial charge is 0.493 e. The number of aliphatic hydroxyl groups excluding tert-OH is 3. The molecule has 0 radical (unpaired) electrons. The third-order valence-electron chi connectivity index (χ3n) is 5.31. The Labute approximate surface area is 165 Å². The van der Waals surface area contributed by atoms with Gasteiger partial charge >= 0.3 is 0 Å². The zero-order valence-corrected chi connectivity index (χ0v) is 17.2. The van der Waals surface area contributed by atoms with Gasteiger partial charge in [0.1, 0.15) is 24.4 Å². The minimum absolute atomic E-state index is 0.228. The molecule has 0 aromatic heterocycles. The van der Waals surface area contributed by atoms with Crippen LogP contribution in [0.25, 0.3) is 0 Å². The van der Waals surface area contributed by atoms with E-state index in [1.54, 1.807) is 6.26 Å². The molecule has 5 nitrogen and oxygen atoms in total. The van der Waals surface area contributed by atoms with Gasteiger partial charge in [0.05, 0.1) is 19.5 Å². The van der Waals surface area contributed by atoms with Crippen molar-refractivity contribution in [3.63, 3.8) is 0 Å². The third-order valence-corrected chi connectivity index (χ3v) is 5.31. The van der Waals surface area contributed by atoms with Crippen LogP contribution in [0, 0.1) is 0 Å². The topological polar surface area (TPSA) is 79.2 Å². The molecule has 1 aliphatic heterocycles. The smallest absolute Gasteiger partial charge is 0.149 e. The first kappa shape index (κ1) is 24.4. The first-order valence-corrected chi connectivity index (χ1v) is 11.1. The summed E-state index contributed by atoms with van der Waals surface area (Å²) >= 11 is 0. The second kappa shape index (κ2) is 16.3. The van der Waals surface area contributed by atoms with Crippen LogP contribution in [0.15, 0.2) is 12.3 Å². The minimum atomic E-state index is -1.07. The van der Waals surface area contributed by atoms with Crippen LogP contribution in [0.3, 0.4) is 0 Å². The Morgan fingerprint density at radius 1 is 0.963 bits per heavy atom. The lowest BCUT2D eigenvalue weighted by Gasteiger charge is -2.20. The Morgan fingerprint density at radius 2 is 1.52 bits per heavy atom. The zero-order chi connectivity index (χ0) is 19.7. The summed E-state index contributed by atoms with van der Waals surface area (Å²) in [5.41, 5.74) is 0. The van der Waals surface area contributed by atoms with Crippen LogP contribution in [0.4, 0.5) is 0 Å². The van der Waals surface area contributed by atoms with E-state index in [-0.39, 0.29) is 6.61 Å². The monoisotopic (exact) mass is 386 g/mol. The number of aliphatic hydroxyl groups is 3. The number of unbranched alkanes of at least 4 members (excludes halogenated alkanes) is 12. The van der Waals surface area contributed by atoms with Crippen molar-refractivity contribution in [2.45, 2.75) is 115 Å². The standard InChI is InChI=1S/C22H42O5/c1-2-3-4-5-6-7-8-9-10-11-12-13-14-15-16-26-20-18-27-22(21(20)25)19(24)17-23/h15-16,19-25H,2-14,17-18H2,1H3/b16-15+/t19-,20+,21-,22-/m1/s1. The van der Waals surface area contributed by atoms with Crippen molar-refractivity contribution >= 4 is 0 Å². The normalized spacial score (nSPS) is 23.9. The van der Waals surface area contributed by atoms with Crippen LogP contribution in [0.2, 0.25) is 0 Å². The van der Waals surface area contributed by atoms with Crippen molar-refractivity contribution < 1.29 is 24.8 Å². The molecule has 1 aliphatic rings. The van der Waals surface area contributed by atoms with Crippen molar-refractivity contribution in [1.82, 2.24) is 0 Å². The predicted octanol–water partition coefficient (Wildman–Crippen LogP) is 4.09. The van der Waals surface area contributed by atoms with Gasteiger partial charge in [-0.25, -0.2) is 0 Å². The first-order valence-electron chi connectivity index (χ1n) is 11.1. The van der Waals surface area contributed by atoms with Gasteiger partial charge in [0.2, 0.25) is 0 Å². The van der Waals surface area contributed by atoms with Crippen LogP contribution in [0.1, 0.15) is 90.4 Å². The SMILES string of the molecule is CCCCCCCCCCCCCC/C=C/O[C@H]1CO[C@H]([C@H](O)CO)[C@@H]1O. The van der Waals surface area contributed by atoms with Crippen LogP contribution >= 0.6 is 0 Å². The molecule has 3 N–H and O–H groups in total. The molecule has 27 heavy (non-hydrogen) atoms. The van der Waals surface area contributed by atoms with E-state index < -0.39 is 31.0 Å². The number of rotatable bonds is 17. The Kier molecular flexibility index (Phi) is 14.8. The number of hydrogen-bond donors (Lipinski definition) is 3. The molecule has 1 saturated heterocycles. The highest BCUT2D eigenvalue weighted by atomic mass is 16.6. The van der Waals surface area contributed by atoms with E-state index >= 15 is 0 Å². The van der Waals surface area contributed by atoms with Crippen molar-refractivity contribution in [3.8, 4) is 0 Å². The van der Waals surface area contributed by atoms with Crippen molar-refractivity contribution in [1.29, 1.82) is 0 Å². The molecule has 0 saturated carbocycles. The summed E-state index contributed by atoms with van der Waals surface area (Å²) in [6.45, 7) is 2.06. The summed E-state index contributed by atoms with van der Waals surface area (Å²) in [5, 5.41) is 28.5. The van der Waals surface area contributed by atoms with Gasteiger partial charge in [0.25, 0.3) is 0 Å². The van der Waals surface area contributed by atoms with E-state index in [2.05, 4.69) is 6.92 Å². The molecule has 5 heteroatoms. The van der Waals surface area contributed by atoms with E-state index in [4.69, 9.17) is 14.6 Å². The van der Waals surface area contributed by atoms with Crippen molar-refractivity contribution in [3.05, 3.63) is 12.3 Å². The maximum absolute atomic E-state index is 10.0. The Hall–Kier alpha value is -0.620. The number of hydrogen-bond acceptors (Lipinski definition) is 5. The van der Waals surface area contributed by atoms with Crippen molar-refractivity contribution in [2.24, 2.45) is 0 Å². The molecule has 0 bridgehead atoms. The highest BCUT2D eigenvalue weighted by molar-refractivity contribution is 4.90. The molecule has 1 rings (SSSR count). The molecule has 1 heterocycles. The Balaban J connectivity index is 1.88. The van der Waals surface area contributed by atoms with Gasteiger partial charge in [-0.3, -0.25) is 0 Å². The molecule has 160 valence electrons. The van der Waals surface area contributed by atoms with Crippen LogP contribution in [-0.4, -0.2) is 52.9 Å². The average molecular weight is 387 g/mol. The molecule has 0 aromatic rings. The maximum Gasteiger partial charge on any atom is 0.149 e. The summed E-state index contributed by atoms with van der Waals surface area (Å²) < 4.78 is 10.8. The number of ether oxygens (including phenoxy) is 2. The van der Waals surface area contributed by atoms with Gasteiger partial charge < -0.3 is 24.8 Å². The maximum atomic E-state index is 10.0. The fourth-order valence-corrected chi connectivity index (χ4v) is 3.50. The molecule has 0 unspecified atom stereocenters. The molecular weight excluding hydrogens is 344 g/mol. The van der Waals surface area contributed by atoms with Crippen LogP contribution in [-0.2, 0) is 9.47 Å². The molecule has 0 amide bonds.